The van der Waals surface area contributed by atoms with E-state index >= 15 is 0 Å². The molecule has 0 atom stereocenters. The van der Waals surface area contributed by atoms with Crippen LogP contribution in [0.25, 0.3) is 5.69 Å². The minimum atomic E-state index is -0.108. The lowest BCUT2D eigenvalue weighted by Gasteiger charge is -2.03. The molecule has 1 amide bonds. The molecule has 0 aliphatic rings. The smallest absolute Gasteiger partial charge is 0.251 e. The molecule has 1 N–H and O–H groups in total. The number of rotatable bonds is 4. The summed E-state index contributed by atoms with van der Waals surface area (Å²) >= 11 is 1.60. The molecular formula is C15H14N4OS. The highest BCUT2D eigenvalue weighted by Crippen LogP contribution is 2.11. The quantitative estimate of drug-likeness (QED) is 0.805. The summed E-state index contributed by atoms with van der Waals surface area (Å²) in [5.41, 5.74) is 3.41. The SMILES string of the molecule is Cc1cccc(C(=O)NCc2cn(-c3ccsc3)nn2)c1. The maximum absolute atomic E-state index is 12.0. The third-order valence-corrected chi connectivity index (χ3v) is 3.69. The average Bonchev–Trinajstić information content (AvgIpc) is 3.15. The van der Waals surface area contributed by atoms with Gasteiger partial charge in [-0.05, 0) is 30.5 Å². The van der Waals surface area contributed by atoms with Gasteiger partial charge in [0, 0.05) is 10.9 Å². The Morgan fingerprint density at radius 1 is 1.38 bits per heavy atom. The van der Waals surface area contributed by atoms with Gasteiger partial charge in [0.1, 0.15) is 5.69 Å². The number of hydrogen-bond acceptors (Lipinski definition) is 4. The van der Waals surface area contributed by atoms with Crippen molar-refractivity contribution in [3.63, 3.8) is 0 Å². The van der Waals surface area contributed by atoms with E-state index in [1.165, 1.54) is 0 Å². The van der Waals surface area contributed by atoms with Gasteiger partial charge in [0.2, 0.25) is 0 Å². The summed E-state index contributed by atoms with van der Waals surface area (Å²) in [6, 6.07) is 9.46. The summed E-state index contributed by atoms with van der Waals surface area (Å²) in [5.74, 6) is -0.108. The van der Waals surface area contributed by atoms with Crippen LogP contribution in [0.5, 0.6) is 0 Å². The topological polar surface area (TPSA) is 59.8 Å². The van der Waals surface area contributed by atoms with Crippen molar-refractivity contribution in [3.05, 3.63) is 64.1 Å². The molecule has 0 spiro atoms. The predicted molar refractivity (Wildman–Crippen MR) is 81.6 cm³/mol. The second-order valence-corrected chi connectivity index (χ2v) is 5.47. The summed E-state index contributed by atoms with van der Waals surface area (Å²) in [6.45, 7) is 2.32. The number of thiophene rings is 1. The highest BCUT2D eigenvalue weighted by atomic mass is 32.1. The molecule has 1 aromatic carbocycles. The first-order valence-corrected chi connectivity index (χ1v) is 7.45. The average molecular weight is 298 g/mol. The number of aryl methyl sites for hydroxylation is 1. The van der Waals surface area contributed by atoms with Crippen LogP contribution in [0, 0.1) is 6.92 Å². The lowest BCUT2D eigenvalue weighted by molar-refractivity contribution is 0.0950. The first-order valence-electron chi connectivity index (χ1n) is 6.51. The Balaban J connectivity index is 1.64. The van der Waals surface area contributed by atoms with E-state index in [0.29, 0.717) is 12.1 Å². The van der Waals surface area contributed by atoms with E-state index in [1.807, 2.05) is 48.1 Å². The summed E-state index contributed by atoms with van der Waals surface area (Å²) in [4.78, 5) is 12.0. The molecule has 21 heavy (non-hydrogen) atoms. The summed E-state index contributed by atoms with van der Waals surface area (Å²) in [6.07, 6.45) is 1.82. The number of aromatic nitrogens is 3. The van der Waals surface area contributed by atoms with Gasteiger partial charge in [0.05, 0.1) is 18.4 Å². The van der Waals surface area contributed by atoms with E-state index < -0.39 is 0 Å². The molecule has 0 fully saturated rings. The fourth-order valence-corrected chi connectivity index (χ4v) is 2.57. The van der Waals surface area contributed by atoms with Gasteiger partial charge in [-0.15, -0.1) is 5.10 Å². The zero-order valence-corrected chi connectivity index (χ0v) is 12.3. The molecule has 0 unspecified atom stereocenters. The van der Waals surface area contributed by atoms with Crippen LogP contribution in [-0.2, 0) is 6.54 Å². The maximum Gasteiger partial charge on any atom is 0.251 e. The van der Waals surface area contributed by atoms with Gasteiger partial charge in [-0.3, -0.25) is 4.79 Å². The first kappa shape index (κ1) is 13.5. The third-order valence-electron chi connectivity index (χ3n) is 3.02. The molecule has 0 bridgehead atoms. The molecule has 0 aliphatic heterocycles. The van der Waals surface area contributed by atoms with Crippen molar-refractivity contribution in [1.29, 1.82) is 0 Å². The lowest BCUT2D eigenvalue weighted by atomic mass is 10.1. The number of amides is 1. The van der Waals surface area contributed by atoms with Crippen LogP contribution in [0.1, 0.15) is 21.6 Å². The molecule has 0 saturated carbocycles. The number of nitrogens with zero attached hydrogens (tertiary/aromatic N) is 3. The first-order chi connectivity index (χ1) is 10.2. The van der Waals surface area contributed by atoms with E-state index in [2.05, 4.69) is 15.6 Å². The van der Waals surface area contributed by atoms with Crippen LogP contribution < -0.4 is 5.32 Å². The summed E-state index contributed by atoms with van der Waals surface area (Å²) < 4.78 is 1.70. The molecular weight excluding hydrogens is 284 g/mol. The Morgan fingerprint density at radius 2 is 2.29 bits per heavy atom. The summed E-state index contributed by atoms with van der Waals surface area (Å²) in [5, 5.41) is 14.9. The Bertz CT molecular complexity index is 749. The molecule has 0 radical (unpaired) electrons. The highest BCUT2D eigenvalue weighted by Gasteiger charge is 2.07. The van der Waals surface area contributed by atoms with Crippen molar-refractivity contribution in [3.8, 4) is 5.69 Å². The number of carbonyl (C=O) groups is 1. The van der Waals surface area contributed by atoms with Crippen molar-refractivity contribution in [2.75, 3.05) is 0 Å². The largest absolute Gasteiger partial charge is 0.346 e. The molecule has 2 aromatic heterocycles. The Kier molecular flexibility index (Phi) is 3.79. The van der Waals surface area contributed by atoms with Crippen molar-refractivity contribution < 1.29 is 4.79 Å². The molecule has 0 aliphatic carbocycles. The molecule has 106 valence electrons. The van der Waals surface area contributed by atoms with Crippen molar-refractivity contribution in [2.24, 2.45) is 0 Å². The molecule has 3 rings (SSSR count). The fraction of sp³-hybridized carbons (Fsp3) is 0.133. The monoisotopic (exact) mass is 298 g/mol. The van der Waals surface area contributed by atoms with E-state index in [9.17, 15) is 4.79 Å². The standard InChI is InChI=1S/C15H14N4OS/c1-11-3-2-4-12(7-11)15(20)16-8-13-9-19(18-17-13)14-5-6-21-10-14/h2-7,9-10H,8H2,1H3,(H,16,20). The van der Waals surface area contributed by atoms with Gasteiger partial charge in [0.15, 0.2) is 0 Å². The molecule has 3 aromatic rings. The number of nitrogens with one attached hydrogen (secondary N) is 1. The van der Waals surface area contributed by atoms with Gasteiger partial charge in [-0.25, -0.2) is 4.68 Å². The van der Waals surface area contributed by atoms with E-state index in [-0.39, 0.29) is 5.91 Å². The zero-order valence-electron chi connectivity index (χ0n) is 11.5. The van der Waals surface area contributed by atoms with Crippen LogP contribution in [0.15, 0.2) is 47.3 Å². The van der Waals surface area contributed by atoms with E-state index in [4.69, 9.17) is 0 Å². The fourth-order valence-electron chi connectivity index (χ4n) is 1.95. The highest BCUT2D eigenvalue weighted by molar-refractivity contribution is 7.08. The Labute approximate surface area is 126 Å². The van der Waals surface area contributed by atoms with Gasteiger partial charge in [-0.2, -0.15) is 11.3 Å². The van der Waals surface area contributed by atoms with Crippen LogP contribution in [0.4, 0.5) is 0 Å². The van der Waals surface area contributed by atoms with E-state index in [1.54, 1.807) is 22.1 Å². The van der Waals surface area contributed by atoms with Crippen molar-refractivity contribution in [2.45, 2.75) is 13.5 Å². The number of hydrogen-bond donors (Lipinski definition) is 1. The lowest BCUT2D eigenvalue weighted by Crippen LogP contribution is -2.23. The normalized spacial score (nSPS) is 10.5. The molecule has 2 heterocycles. The zero-order chi connectivity index (χ0) is 14.7. The maximum atomic E-state index is 12.0. The third kappa shape index (κ3) is 3.17. The minimum absolute atomic E-state index is 0.108. The minimum Gasteiger partial charge on any atom is -0.346 e. The van der Waals surface area contributed by atoms with Crippen LogP contribution in [0.3, 0.4) is 0 Å². The van der Waals surface area contributed by atoms with Crippen LogP contribution in [0.2, 0.25) is 0 Å². The predicted octanol–water partition coefficient (Wildman–Crippen LogP) is 2.57. The Morgan fingerprint density at radius 3 is 3.05 bits per heavy atom. The van der Waals surface area contributed by atoms with Crippen LogP contribution in [-0.4, -0.2) is 20.9 Å². The van der Waals surface area contributed by atoms with Gasteiger partial charge in [0.25, 0.3) is 5.91 Å². The molecule has 0 saturated heterocycles. The molecule has 6 heteroatoms. The molecule has 5 nitrogen and oxygen atoms in total. The van der Waals surface area contributed by atoms with Gasteiger partial charge >= 0.3 is 0 Å². The van der Waals surface area contributed by atoms with E-state index in [0.717, 1.165) is 16.9 Å². The van der Waals surface area contributed by atoms with Gasteiger partial charge in [-0.1, -0.05) is 22.9 Å². The second-order valence-electron chi connectivity index (χ2n) is 4.69. The second kappa shape index (κ2) is 5.88. The van der Waals surface area contributed by atoms with Crippen molar-refractivity contribution >= 4 is 17.2 Å². The summed E-state index contributed by atoms with van der Waals surface area (Å²) in [7, 11) is 0. The number of carbonyl (C=O) groups excluding carboxylic acids is 1. The van der Waals surface area contributed by atoms with Crippen molar-refractivity contribution in [1.82, 2.24) is 20.3 Å². The van der Waals surface area contributed by atoms with Crippen LogP contribution >= 0.6 is 11.3 Å². The number of benzene rings is 1. The van der Waals surface area contributed by atoms with Gasteiger partial charge < -0.3 is 5.32 Å². The Hall–Kier alpha value is -2.47.